The Labute approximate surface area is 85.0 Å². The molecule has 1 heterocycles. The first kappa shape index (κ1) is 9.69. The van der Waals surface area contributed by atoms with E-state index in [4.69, 9.17) is 0 Å². The van der Waals surface area contributed by atoms with Crippen molar-refractivity contribution in [2.45, 2.75) is 31.4 Å². The maximum atomic E-state index is 9.94. The number of benzene rings is 1. The molecule has 1 fully saturated rings. The van der Waals surface area contributed by atoms with E-state index in [1.165, 1.54) is 12.0 Å². The van der Waals surface area contributed by atoms with Gasteiger partial charge in [-0.25, -0.2) is 0 Å². The zero-order valence-electron chi connectivity index (χ0n) is 8.32. The first-order valence-electron chi connectivity index (χ1n) is 5.31. The van der Waals surface area contributed by atoms with Gasteiger partial charge in [-0.05, 0) is 31.4 Å². The van der Waals surface area contributed by atoms with E-state index in [-0.39, 0.29) is 6.10 Å². The van der Waals surface area contributed by atoms with Gasteiger partial charge >= 0.3 is 0 Å². The number of rotatable bonds is 3. The number of aliphatic hydroxyl groups excluding tert-OH is 1. The Balaban J connectivity index is 1.90. The average molecular weight is 191 g/mol. The van der Waals surface area contributed by atoms with Crippen molar-refractivity contribution in [1.29, 1.82) is 0 Å². The Hall–Kier alpha value is -0.860. The summed E-state index contributed by atoms with van der Waals surface area (Å²) in [5.74, 6) is 0. The summed E-state index contributed by atoms with van der Waals surface area (Å²) in [4.78, 5) is 0. The minimum atomic E-state index is -0.236. The molecule has 1 aromatic carbocycles. The predicted octanol–water partition coefficient (Wildman–Crippen LogP) is 1.34. The topological polar surface area (TPSA) is 32.3 Å². The van der Waals surface area contributed by atoms with Gasteiger partial charge in [0.15, 0.2) is 0 Å². The van der Waals surface area contributed by atoms with E-state index in [2.05, 4.69) is 17.4 Å². The lowest BCUT2D eigenvalue weighted by Gasteiger charge is -2.18. The Morgan fingerprint density at radius 1 is 1.36 bits per heavy atom. The molecule has 2 atom stereocenters. The summed E-state index contributed by atoms with van der Waals surface area (Å²) in [7, 11) is 0. The molecule has 1 aromatic rings. The summed E-state index contributed by atoms with van der Waals surface area (Å²) in [5, 5.41) is 13.3. The second-order valence-electron chi connectivity index (χ2n) is 3.96. The maximum absolute atomic E-state index is 9.94. The van der Waals surface area contributed by atoms with Gasteiger partial charge in [-0.3, -0.25) is 0 Å². The van der Waals surface area contributed by atoms with Crippen LogP contribution in [0.3, 0.4) is 0 Å². The largest absolute Gasteiger partial charge is 0.391 e. The van der Waals surface area contributed by atoms with Gasteiger partial charge < -0.3 is 10.4 Å². The van der Waals surface area contributed by atoms with E-state index in [0.29, 0.717) is 6.04 Å². The molecule has 0 aromatic heterocycles. The molecule has 2 rings (SSSR count). The van der Waals surface area contributed by atoms with Crippen LogP contribution in [0.5, 0.6) is 0 Å². The summed E-state index contributed by atoms with van der Waals surface area (Å²) in [6, 6.07) is 10.5. The molecule has 0 radical (unpaired) electrons. The van der Waals surface area contributed by atoms with Gasteiger partial charge in [0.25, 0.3) is 0 Å². The van der Waals surface area contributed by atoms with Crippen molar-refractivity contribution in [3.63, 3.8) is 0 Å². The van der Waals surface area contributed by atoms with Crippen molar-refractivity contribution in [1.82, 2.24) is 5.32 Å². The molecule has 0 saturated carbocycles. The van der Waals surface area contributed by atoms with Crippen LogP contribution in [0, 0.1) is 0 Å². The smallest absolute Gasteiger partial charge is 0.0733 e. The molecule has 2 heteroatoms. The summed E-state index contributed by atoms with van der Waals surface area (Å²) in [6.45, 7) is 1.05. The van der Waals surface area contributed by atoms with Crippen LogP contribution < -0.4 is 5.32 Å². The highest BCUT2D eigenvalue weighted by molar-refractivity contribution is 5.16. The molecule has 0 unspecified atom stereocenters. The Morgan fingerprint density at radius 3 is 2.79 bits per heavy atom. The summed E-state index contributed by atoms with van der Waals surface area (Å²) >= 11 is 0. The minimum absolute atomic E-state index is 0.236. The Morgan fingerprint density at radius 2 is 2.14 bits per heavy atom. The fourth-order valence-electron chi connectivity index (χ4n) is 2.04. The van der Waals surface area contributed by atoms with Crippen molar-refractivity contribution in [2.75, 3.05) is 6.54 Å². The molecule has 0 amide bonds. The van der Waals surface area contributed by atoms with Gasteiger partial charge in [0.1, 0.15) is 0 Å². The van der Waals surface area contributed by atoms with Crippen LogP contribution in [0.1, 0.15) is 18.4 Å². The van der Waals surface area contributed by atoms with Crippen LogP contribution in [-0.4, -0.2) is 23.8 Å². The van der Waals surface area contributed by atoms with E-state index >= 15 is 0 Å². The lowest BCUT2D eigenvalue weighted by atomic mass is 10.0. The van der Waals surface area contributed by atoms with E-state index in [9.17, 15) is 5.11 Å². The minimum Gasteiger partial charge on any atom is -0.391 e. The molecule has 2 N–H and O–H groups in total. The third kappa shape index (κ3) is 2.34. The monoisotopic (exact) mass is 191 g/mol. The van der Waals surface area contributed by atoms with E-state index in [1.807, 2.05) is 18.2 Å². The van der Waals surface area contributed by atoms with Crippen LogP contribution in [0.2, 0.25) is 0 Å². The average Bonchev–Trinajstić information content (AvgIpc) is 2.72. The number of hydrogen-bond donors (Lipinski definition) is 2. The van der Waals surface area contributed by atoms with Crippen molar-refractivity contribution in [3.05, 3.63) is 35.9 Å². The summed E-state index contributed by atoms with van der Waals surface area (Å²) in [6.07, 6.45) is 2.82. The van der Waals surface area contributed by atoms with Gasteiger partial charge in [0.2, 0.25) is 0 Å². The van der Waals surface area contributed by atoms with Crippen LogP contribution in [0.15, 0.2) is 30.3 Å². The highest BCUT2D eigenvalue weighted by Gasteiger charge is 2.22. The first-order valence-corrected chi connectivity index (χ1v) is 5.31. The van der Waals surface area contributed by atoms with Gasteiger partial charge in [-0.2, -0.15) is 0 Å². The van der Waals surface area contributed by atoms with E-state index in [1.54, 1.807) is 0 Å². The fourth-order valence-corrected chi connectivity index (χ4v) is 2.04. The standard InChI is InChI=1S/C12H17NO/c14-12(11-7-4-8-13-11)9-10-5-2-1-3-6-10/h1-3,5-6,11-14H,4,7-9H2/t11-,12-/m1/s1. The molecule has 14 heavy (non-hydrogen) atoms. The normalized spacial score (nSPS) is 23.6. The first-order chi connectivity index (χ1) is 6.86. The molecular weight excluding hydrogens is 174 g/mol. The van der Waals surface area contributed by atoms with Crippen molar-refractivity contribution >= 4 is 0 Å². The Bertz CT molecular complexity index is 267. The van der Waals surface area contributed by atoms with Crippen LogP contribution in [-0.2, 0) is 6.42 Å². The van der Waals surface area contributed by atoms with Gasteiger partial charge in [-0.15, -0.1) is 0 Å². The Kier molecular flexibility index (Phi) is 3.17. The lowest BCUT2D eigenvalue weighted by Crippen LogP contribution is -2.36. The molecule has 1 saturated heterocycles. The number of aliphatic hydroxyl groups is 1. The van der Waals surface area contributed by atoms with Crippen LogP contribution in [0.25, 0.3) is 0 Å². The highest BCUT2D eigenvalue weighted by atomic mass is 16.3. The quantitative estimate of drug-likeness (QED) is 0.755. The summed E-state index contributed by atoms with van der Waals surface area (Å²) in [5.41, 5.74) is 1.22. The van der Waals surface area contributed by atoms with Crippen LogP contribution in [0.4, 0.5) is 0 Å². The number of nitrogens with one attached hydrogen (secondary N) is 1. The second kappa shape index (κ2) is 4.58. The molecule has 0 bridgehead atoms. The van der Waals surface area contributed by atoms with Crippen molar-refractivity contribution in [3.8, 4) is 0 Å². The second-order valence-corrected chi connectivity index (χ2v) is 3.96. The fraction of sp³-hybridized carbons (Fsp3) is 0.500. The molecule has 0 aliphatic carbocycles. The molecule has 1 aliphatic rings. The molecule has 1 aliphatic heterocycles. The maximum Gasteiger partial charge on any atom is 0.0733 e. The van der Waals surface area contributed by atoms with Gasteiger partial charge in [0.05, 0.1) is 6.10 Å². The third-order valence-corrected chi connectivity index (χ3v) is 2.85. The predicted molar refractivity (Wildman–Crippen MR) is 57.2 cm³/mol. The number of hydrogen-bond acceptors (Lipinski definition) is 2. The SMILES string of the molecule is O[C@H](Cc1ccccc1)[C@H]1CCCN1. The van der Waals surface area contributed by atoms with Gasteiger partial charge in [0, 0.05) is 6.04 Å². The molecule has 0 spiro atoms. The zero-order valence-corrected chi connectivity index (χ0v) is 8.32. The molecule has 76 valence electrons. The molecule has 2 nitrogen and oxygen atoms in total. The lowest BCUT2D eigenvalue weighted by molar-refractivity contribution is 0.136. The van der Waals surface area contributed by atoms with Gasteiger partial charge in [-0.1, -0.05) is 30.3 Å². The highest BCUT2D eigenvalue weighted by Crippen LogP contribution is 2.13. The van der Waals surface area contributed by atoms with Crippen molar-refractivity contribution < 1.29 is 5.11 Å². The van der Waals surface area contributed by atoms with Crippen LogP contribution >= 0.6 is 0 Å². The molecular formula is C12H17NO. The zero-order chi connectivity index (χ0) is 9.80. The van der Waals surface area contributed by atoms with E-state index in [0.717, 1.165) is 19.4 Å². The third-order valence-electron chi connectivity index (χ3n) is 2.85. The summed E-state index contributed by atoms with van der Waals surface area (Å²) < 4.78 is 0. The van der Waals surface area contributed by atoms with E-state index < -0.39 is 0 Å². The van der Waals surface area contributed by atoms with Crippen molar-refractivity contribution in [2.24, 2.45) is 0 Å².